The van der Waals surface area contributed by atoms with E-state index in [4.69, 9.17) is 27.9 Å². The Morgan fingerprint density at radius 1 is 0.767 bits per heavy atom. The van der Waals surface area contributed by atoms with Gasteiger partial charge in [0, 0.05) is 5.69 Å². The molecule has 8 rings (SSSR count). The number of carbonyl (C=O) groups excluding carboxylic acids is 3. The second-order valence-corrected chi connectivity index (χ2v) is 12.7. The molecule has 216 valence electrons. The number of hydrogen-bond acceptors (Lipinski definition) is 4. The maximum Gasteiger partial charge on any atom is 0.247 e. The zero-order valence-corrected chi connectivity index (χ0v) is 25.2. The van der Waals surface area contributed by atoms with Gasteiger partial charge in [-0.1, -0.05) is 60.7 Å². The van der Waals surface area contributed by atoms with E-state index in [9.17, 15) is 14.4 Å². The molecular formula is C35H28Cl2N2O4. The number of benzene rings is 4. The van der Waals surface area contributed by atoms with E-state index in [0.717, 1.165) is 44.0 Å². The van der Waals surface area contributed by atoms with Gasteiger partial charge in [-0.2, -0.15) is 0 Å². The van der Waals surface area contributed by atoms with E-state index < -0.39 is 45.3 Å². The van der Waals surface area contributed by atoms with E-state index in [0.29, 0.717) is 11.4 Å². The Labute approximate surface area is 259 Å². The van der Waals surface area contributed by atoms with Gasteiger partial charge in [-0.25, -0.2) is 0 Å². The van der Waals surface area contributed by atoms with Gasteiger partial charge < -0.3 is 10.1 Å². The monoisotopic (exact) mass is 610 g/mol. The predicted octanol–water partition coefficient (Wildman–Crippen LogP) is 7.02. The Morgan fingerprint density at radius 2 is 1.26 bits per heavy atom. The number of rotatable bonds is 5. The summed E-state index contributed by atoms with van der Waals surface area (Å²) < 4.78 is 6.02. The SMILES string of the molecule is Cc1cccc(Oc2ccc(NC(=O)[C@@H](C)N3C(=O)[C@@H]4[C@H](C3=O)C3(Cl)c5ccccc5C4(Cl)c4ccccc43)cc2)c1C. The summed E-state index contributed by atoms with van der Waals surface area (Å²) in [4.78, 5) is 40.2. The quantitative estimate of drug-likeness (QED) is 0.195. The number of likely N-dealkylation sites (tertiary alicyclic amines) is 1. The number of carbonyl (C=O) groups is 3. The third kappa shape index (κ3) is 3.76. The van der Waals surface area contributed by atoms with Crippen LogP contribution in [0.1, 0.15) is 40.3 Å². The fourth-order valence-electron chi connectivity index (χ4n) is 7.00. The molecule has 4 aromatic rings. The number of amides is 3. The molecule has 1 N–H and O–H groups in total. The highest BCUT2D eigenvalue weighted by atomic mass is 35.5. The third-order valence-corrected chi connectivity index (χ3v) is 10.6. The fraction of sp³-hybridized carbons (Fsp3) is 0.229. The number of imide groups is 1. The first kappa shape index (κ1) is 27.7. The summed E-state index contributed by atoms with van der Waals surface area (Å²) in [5, 5.41) is 2.84. The van der Waals surface area contributed by atoms with Crippen molar-refractivity contribution in [3.63, 3.8) is 0 Å². The van der Waals surface area contributed by atoms with E-state index in [1.165, 1.54) is 0 Å². The van der Waals surface area contributed by atoms with Crippen molar-refractivity contribution >= 4 is 46.6 Å². The van der Waals surface area contributed by atoms with Crippen molar-refractivity contribution in [3.05, 3.63) is 124 Å². The van der Waals surface area contributed by atoms with Crippen LogP contribution >= 0.6 is 23.2 Å². The molecule has 3 aliphatic carbocycles. The van der Waals surface area contributed by atoms with E-state index in [1.807, 2.05) is 80.6 Å². The van der Waals surface area contributed by atoms with Crippen LogP contribution in [0.5, 0.6) is 11.5 Å². The molecule has 8 heteroatoms. The van der Waals surface area contributed by atoms with Gasteiger partial charge in [0.2, 0.25) is 17.7 Å². The summed E-state index contributed by atoms with van der Waals surface area (Å²) in [7, 11) is 0. The first-order chi connectivity index (χ1) is 20.6. The lowest BCUT2D eigenvalue weighted by molar-refractivity contribution is -0.146. The molecule has 0 saturated carbocycles. The van der Waals surface area contributed by atoms with E-state index >= 15 is 0 Å². The molecule has 2 bridgehead atoms. The minimum Gasteiger partial charge on any atom is -0.457 e. The Hall–Kier alpha value is -4.13. The predicted molar refractivity (Wildman–Crippen MR) is 166 cm³/mol. The molecule has 0 radical (unpaired) electrons. The smallest absolute Gasteiger partial charge is 0.247 e. The molecule has 4 aromatic carbocycles. The molecule has 4 aliphatic rings. The zero-order valence-electron chi connectivity index (χ0n) is 23.7. The fourth-order valence-corrected chi connectivity index (χ4v) is 8.10. The Morgan fingerprint density at radius 3 is 1.74 bits per heavy atom. The first-order valence-corrected chi connectivity index (χ1v) is 14.9. The van der Waals surface area contributed by atoms with Crippen LogP contribution in [0, 0.1) is 25.7 Å². The Bertz CT molecular complexity index is 1710. The van der Waals surface area contributed by atoms with Gasteiger partial charge in [0.15, 0.2) is 0 Å². The van der Waals surface area contributed by atoms with Gasteiger partial charge in [-0.05, 0) is 84.5 Å². The second-order valence-electron chi connectivity index (χ2n) is 11.5. The van der Waals surface area contributed by atoms with Crippen molar-refractivity contribution in [1.82, 2.24) is 4.90 Å². The number of hydrogen-bond donors (Lipinski definition) is 1. The average Bonchev–Trinajstić information content (AvgIpc) is 3.29. The van der Waals surface area contributed by atoms with Crippen molar-refractivity contribution < 1.29 is 19.1 Å². The highest BCUT2D eigenvalue weighted by molar-refractivity contribution is 6.36. The van der Waals surface area contributed by atoms with Crippen LogP contribution in [0.2, 0.25) is 0 Å². The molecule has 0 spiro atoms. The van der Waals surface area contributed by atoms with Crippen molar-refractivity contribution in [1.29, 1.82) is 0 Å². The highest BCUT2D eigenvalue weighted by Gasteiger charge is 2.73. The molecular weight excluding hydrogens is 583 g/mol. The lowest BCUT2D eigenvalue weighted by Crippen LogP contribution is -2.57. The Kier molecular flexibility index (Phi) is 6.24. The number of aryl methyl sites for hydroxylation is 1. The van der Waals surface area contributed by atoms with Crippen LogP contribution in [0.3, 0.4) is 0 Å². The number of nitrogens with one attached hydrogen (secondary N) is 1. The van der Waals surface area contributed by atoms with Crippen molar-refractivity contribution in [2.24, 2.45) is 11.8 Å². The lowest BCUT2D eigenvalue weighted by atomic mass is 9.54. The van der Waals surface area contributed by atoms with Crippen LogP contribution in [-0.4, -0.2) is 28.7 Å². The normalized spacial score (nSPS) is 25.6. The second kappa shape index (κ2) is 9.69. The first-order valence-electron chi connectivity index (χ1n) is 14.2. The summed E-state index contributed by atoms with van der Waals surface area (Å²) in [5.41, 5.74) is 5.55. The minimum atomic E-state index is -1.29. The van der Waals surface area contributed by atoms with E-state index in [1.54, 1.807) is 31.2 Å². The molecule has 3 atom stereocenters. The standard InChI is InChI=1S/C35H28Cl2N2O4/c1-19-9-8-14-28(20(19)2)43-23-17-15-22(16-18-23)38-31(40)21(3)39-32(41)29-30(33(39)42)35(37)25-11-5-4-10-24(25)34(29,36)26-12-6-7-13-27(26)35/h4-18,21,29-30H,1-3H3,(H,38,40)/t21-,29-,30+,34?,35?/m1/s1. The lowest BCUT2D eigenvalue weighted by Gasteiger charge is -2.54. The molecule has 43 heavy (non-hydrogen) atoms. The van der Waals surface area contributed by atoms with Crippen molar-refractivity contribution in [2.45, 2.75) is 36.6 Å². The largest absolute Gasteiger partial charge is 0.457 e. The third-order valence-electron chi connectivity index (χ3n) is 9.29. The number of nitrogens with zero attached hydrogens (tertiary/aromatic N) is 1. The number of halogens is 2. The molecule has 3 amide bonds. The van der Waals surface area contributed by atoms with Gasteiger partial charge in [0.05, 0.1) is 11.8 Å². The maximum absolute atomic E-state index is 14.1. The van der Waals surface area contributed by atoms with Crippen LogP contribution in [0.4, 0.5) is 5.69 Å². The van der Waals surface area contributed by atoms with Crippen LogP contribution in [0.25, 0.3) is 0 Å². The van der Waals surface area contributed by atoms with Crippen LogP contribution in [-0.2, 0) is 24.1 Å². The van der Waals surface area contributed by atoms with Crippen molar-refractivity contribution in [3.8, 4) is 11.5 Å². The minimum absolute atomic E-state index is 0.501. The van der Waals surface area contributed by atoms with E-state index in [2.05, 4.69) is 5.32 Å². The van der Waals surface area contributed by atoms with Gasteiger partial charge in [-0.15, -0.1) is 23.2 Å². The highest BCUT2D eigenvalue weighted by Crippen LogP contribution is 2.69. The number of anilines is 1. The average molecular weight is 612 g/mol. The maximum atomic E-state index is 14.1. The van der Waals surface area contributed by atoms with Crippen LogP contribution < -0.4 is 10.1 Å². The van der Waals surface area contributed by atoms with Gasteiger partial charge in [0.25, 0.3) is 0 Å². The molecule has 0 unspecified atom stereocenters. The molecule has 6 nitrogen and oxygen atoms in total. The van der Waals surface area contributed by atoms with Crippen LogP contribution in [0.15, 0.2) is 91.0 Å². The molecule has 1 saturated heterocycles. The topological polar surface area (TPSA) is 75.7 Å². The van der Waals surface area contributed by atoms with E-state index in [-0.39, 0.29) is 0 Å². The summed E-state index contributed by atoms with van der Waals surface area (Å²) in [5.74, 6) is -2.05. The molecule has 1 aliphatic heterocycles. The molecule has 1 fully saturated rings. The van der Waals surface area contributed by atoms with Gasteiger partial charge in [-0.3, -0.25) is 19.3 Å². The Balaban J connectivity index is 1.16. The molecule has 1 heterocycles. The van der Waals surface area contributed by atoms with Gasteiger partial charge in [0.1, 0.15) is 27.3 Å². The molecule has 0 aromatic heterocycles. The summed E-state index contributed by atoms with van der Waals surface area (Å²) >= 11 is 15.0. The number of ether oxygens (including phenoxy) is 1. The zero-order chi connectivity index (χ0) is 30.3. The van der Waals surface area contributed by atoms with Crippen molar-refractivity contribution in [2.75, 3.05) is 5.32 Å². The summed E-state index contributed by atoms with van der Waals surface area (Å²) in [6.45, 7) is 5.57. The van der Waals surface area contributed by atoms with Gasteiger partial charge >= 0.3 is 0 Å². The summed E-state index contributed by atoms with van der Waals surface area (Å²) in [6, 6.07) is 26.6. The summed E-state index contributed by atoms with van der Waals surface area (Å²) in [6.07, 6.45) is 0. The number of alkyl halides is 2.